The zero-order valence-electron chi connectivity index (χ0n) is 6.11. The third-order valence-corrected chi connectivity index (χ3v) is 3.95. The standard InChI is InChI=1S/C8H7F3I/c9-8(10,11)6-12-7-4-2-1-3-5-7/h1-5H,6H2/q+1. The van der Waals surface area contributed by atoms with Crippen LogP contribution < -0.4 is 21.2 Å². The van der Waals surface area contributed by atoms with Crippen molar-refractivity contribution in [1.82, 2.24) is 0 Å². The molecule has 0 saturated heterocycles. The summed E-state index contributed by atoms with van der Waals surface area (Å²) in [6.07, 6.45) is -4.00. The van der Waals surface area contributed by atoms with Crippen molar-refractivity contribution in [3.05, 3.63) is 33.9 Å². The van der Waals surface area contributed by atoms with Crippen LogP contribution in [0.15, 0.2) is 30.3 Å². The lowest BCUT2D eigenvalue weighted by Crippen LogP contribution is -3.63. The van der Waals surface area contributed by atoms with Crippen molar-refractivity contribution in [2.45, 2.75) is 6.18 Å². The Bertz CT molecular complexity index is 230. The van der Waals surface area contributed by atoms with E-state index in [0.29, 0.717) is 0 Å². The van der Waals surface area contributed by atoms with Gasteiger partial charge in [-0.2, -0.15) is 13.2 Å². The predicted octanol–water partition coefficient (Wildman–Crippen LogP) is -0.493. The highest BCUT2D eigenvalue weighted by molar-refractivity contribution is 4.98. The minimum atomic E-state index is -4.00. The molecule has 0 spiro atoms. The van der Waals surface area contributed by atoms with E-state index in [1.807, 2.05) is 0 Å². The van der Waals surface area contributed by atoms with Crippen molar-refractivity contribution in [3.63, 3.8) is 0 Å². The summed E-state index contributed by atoms with van der Waals surface area (Å²) in [7, 11) is 0. The molecule has 4 heteroatoms. The molecule has 0 unspecified atom stereocenters. The monoisotopic (exact) mass is 287 g/mol. The van der Waals surface area contributed by atoms with Crippen LogP contribution in [0, 0.1) is 3.57 Å². The Morgan fingerprint density at radius 3 is 2.17 bits per heavy atom. The van der Waals surface area contributed by atoms with Crippen LogP contribution in [0.2, 0.25) is 0 Å². The van der Waals surface area contributed by atoms with Gasteiger partial charge in [-0.05, 0) is 12.1 Å². The molecule has 0 atom stereocenters. The lowest BCUT2D eigenvalue weighted by Gasteiger charge is -1.94. The predicted molar refractivity (Wildman–Crippen MR) is 36.1 cm³/mol. The molecule has 0 saturated carbocycles. The zero-order chi connectivity index (χ0) is 9.03. The largest absolute Gasteiger partial charge is 0.432 e. The first-order valence-corrected chi connectivity index (χ1v) is 5.89. The van der Waals surface area contributed by atoms with Crippen LogP contribution in [0.1, 0.15) is 0 Å². The molecule has 0 heterocycles. The average Bonchev–Trinajstić information content (AvgIpc) is 2.02. The Balaban J connectivity index is 2.44. The van der Waals surface area contributed by atoms with Crippen molar-refractivity contribution in [2.24, 2.45) is 0 Å². The van der Waals surface area contributed by atoms with Crippen LogP contribution in [-0.4, -0.2) is 10.6 Å². The van der Waals surface area contributed by atoms with Gasteiger partial charge >= 0.3 is 27.4 Å². The Morgan fingerprint density at radius 1 is 1.08 bits per heavy atom. The smallest absolute Gasteiger partial charge is 0.166 e. The first kappa shape index (κ1) is 9.83. The second kappa shape index (κ2) is 4.11. The summed E-state index contributed by atoms with van der Waals surface area (Å²) in [4.78, 5) is 0. The van der Waals surface area contributed by atoms with Gasteiger partial charge in [0.2, 0.25) is 4.43 Å². The quantitative estimate of drug-likeness (QED) is 0.508. The van der Waals surface area contributed by atoms with Crippen molar-refractivity contribution in [2.75, 3.05) is 4.43 Å². The van der Waals surface area contributed by atoms with Crippen molar-refractivity contribution in [3.8, 4) is 0 Å². The third-order valence-electron chi connectivity index (χ3n) is 1.11. The van der Waals surface area contributed by atoms with Crippen molar-refractivity contribution in [1.29, 1.82) is 0 Å². The molecule has 66 valence electrons. The molecule has 0 radical (unpaired) electrons. The Morgan fingerprint density at radius 2 is 1.67 bits per heavy atom. The summed E-state index contributed by atoms with van der Waals surface area (Å²) >= 11 is -0.888. The molecule has 1 rings (SSSR count). The summed E-state index contributed by atoms with van der Waals surface area (Å²) in [5.41, 5.74) is 0. The highest BCUT2D eigenvalue weighted by Crippen LogP contribution is 2.09. The molecule has 1 aromatic carbocycles. The molecule has 0 aliphatic rings. The highest BCUT2D eigenvalue weighted by Gasteiger charge is 2.36. The highest BCUT2D eigenvalue weighted by atomic mass is 127. The Labute approximate surface area is 79.0 Å². The van der Waals surface area contributed by atoms with Gasteiger partial charge in [-0.1, -0.05) is 18.2 Å². The fourth-order valence-electron chi connectivity index (χ4n) is 0.657. The SMILES string of the molecule is FC(F)(F)C[I+]c1ccccc1. The molecule has 0 aliphatic carbocycles. The number of alkyl halides is 4. The van der Waals surface area contributed by atoms with Gasteiger partial charge in [0.15, 0.2) is 3.57 Å². The van der Waals surface area contributed by atoms with Gasteiger partial charge in [-0.3, -0.25) is 0 Å². The third kappa shape index (κ3) is 3.94. The Hall–Kier alpha value is -0.260. The van der Waals surface area contributed by atoms with E-state index in [9.17, 15) is 13.2 Å². The van der Waals surface area contributed by atoms with E-state index >= 15 is 0 Å². The number of halogens is 4. The van der Waals surface area contributed by atoms with Crippen LogP contribution in [-0.2, 0) is 0 Å². The molecular formula is C8H7F3I+. The van der Waals surface area contributed by atoms with E-state index in [-0.39, 0.29) is 0 Å². The summed E-state index contributed by atoms with van der Waals surface area (Å²) in [5, 5.41) is 0. The van der Waals surface area contributed by atoms with E-state index in [2.05, 4.69) is 0 Å². The maximum atomic E-state index is 11.8. The van der Waals surface area contributed by atoms with Crippen molar-refractivity contribution < 1.29 is 34.4 Å². The van der Waals surface area contributed by atoms with Gasteiger partial charge in [0, 0.05) is 0 Å². The van der Waals surface area contributed by atoms with Crippen LogP contribution >= 0.6 is 0 Å². The Kier molecular flexibility index (Phi) is 3.37. The number of hydrogen-bond donors (Lipinski definition) is 0. The first-order chi connectivity index (χ1) is 5.58. The molecular weight excluding hydrogens is 280 g/mol. The number of benzene rings is 1. The van der Waals surface area contributed by atoms with E-state index in [4.69, 9.17) is 0 Å². The van der Waals surface area contributed by atoms with E-state index in [0.717, 1.165) is 3.57 Å². The number of hydrogen-bond acceptors (Lipinski definition) is 0. The van der Waals surface area contributed by atoms with Crippen LogP contribution in [0.3, 0.4) is 0 Å². The van der Waals surface area contributed by atoms with Crippen LogP contribution in [0.4, 0.5) is 13.2 Å². The summed E-state index contributed by atoms with van der Waals surface area (Å²) in [5.74, 6) is 0. The summed E-state index contributed by atoms with van der Waals surface area (Å²) in [6, 6.07) is 8.84. The maximum Gasteiger partial charge on any atom is 0.432 e. The summed E-state index contributed by atoms with van der Waals surface area (Å²) in [6.45, 7) is 0. The normalized spacial score (nSPS) is 11.6. The lowest BCUT2D eigenvalue weighted by molar-refractivity contribution is -0.650. The summed E-state index contributed by atoms with van der Waals surface area (Å²) < 4.78 is 35.5. The average molecular weight is 287 g/mol. The van der Waals surface area contributed by atoms with Gasteiger partial charge < -0.3 is 0 Å². The van der Waals surface area contributed by atoms with Gasteiger partial charge in [-0.15, -0.1) is 0 Å². The number of rotatable bonds is 2. The molecule has 12 heavy (non-hydrogen) atoms. The van der Waals surface area contributed by atoms with E-state index in [1.165, 1.54) is 0 Å². The van der Waals surface area contributed by atoms with Crippen molar-refractivity contribution >= 4 is 0 Å². The van der Waals surface area contributed by atoms with Gasteiger partial charge in [-0.25, -0.2) is 0 Å². The molecule has 0 aromatic heterocycles. The van der Waals surface area contributed by atoms with Crippen LogP contribution in [0.5, 0.6) is 0 Å². The van der Waals surface area contributed by atoms with Crippen LogP contribution in [0.25, 0.3) is 0 Å². The first-order valence-electron chi connectivity index (χ1n) is 3.29. The fraction of sp³-hybridized carbons (Fsp3) is 0.250. The molecule has 0 bridgehead atoms. The minimum absolute atomic E-state index is 0.629. The zero-order valence-corrected chi connectivity index (χ0v) is 8.26. The lowest BCUT2D eigenvalue weighted by atomic mass is 10.4. The molecule has 1 aromatic rings. The fourth-order valence-corrected chi connectivity index (χ4v) is 2.45. The maximum absolute atomic E-state index is 11.8. The molecule has 0 nitrogen and oxygen atoms in total. The second-order valence-electron chi connectivity index (χ2n) is 2.18. The van der Waals surface area contributed by atoms with Gasteiger partial charge in [0.05, 0.1) is 0 Å². The minimum Gasteiger partial charge on any atom is -0.166 e. The van der Waals surface area contributed by atoms with E-state index < -0.39 is 31.8 Å². The van der Waals surface area contributed by atoms with Gasteiger partial charge in [0.1, 0.15) is 0 Å². The molecule has 0 amide bonds. The van der Waals surface area contributed by atoms with Gasteiger partial charge in [0.25, 0.3) is 0 Å². The molecule has 0 aliphatic heterocycles. The topological polar surface area (TPSA) is 0 Å². The molecule has 0 N–H and O–H groups in total. The molecule has 0 fully saturated rings. The second-order valence-corrected chi connectivity index (χ2v) is 4.95. The van der Waals surface area contributed by atoms with E-state index in [1.54, 1.807) is 30.3 Å².